The van der Waals surface area contributed by atoms with E-state index < -0.39 is 5.92 Å². The van der Waals surface area contributed by atoms with Crippen LogP contribution in [0.1, 0.15) is 52.2 Å². The molecule has 2 aromatic rings. The van der Waals surface area contributed by atoms with Gasteiger partial charge in [-0.3, -0.25) is 19.1 Å². The monoisotopic (exact) mass is 458 g/mol. The number of nitrogens with zero attached hydrogens (tertiary/aromatic N) is 2. The van der Waals surface area contributed by atoms with Crippen molar-refractivity contribution in [1.82, 2.24) is 15.1 Å². The number of anilines is 1. The molecule has 0 unspecified atom stereocenters. The largest absolute Gasteiger partial charge is 0.349 e. The summed E-state index contributed by atoms with van der Waals surface area (Å²) in [6, 6.07) is 7.26. The number of benzene rings is 1. The Balaban J connectivity index is 1.57. The zero-order chi connectivity index (χ0) is 20.5. The van der Waals surface area contributed by atoms with E-state index in [1.807, 2.05) is 12.1 Å². The first-order chi connectivity index (χ1) is 14.0. The number of nitrogens with one attached hydrogen (secondary N) is 2. The van der Waals surface area contributed by atoms with Crippen LogP contribution in [-0.2, 0) is 11.3 Å². The molecule has 1 saturated carbocycles. The Morgan fingerprint density at radius 2 is 1.86 bits per heavy atom. The number of rotatable bonds is 4. The average molecular weight is 459 g/mol. The van der Waals surface area contributed by atoms with E-state index in [0.29, 0.717) is 48.6 Å². The van der Waals surface area contributed by atoms with Crippen LogP contribution >= 0.6 is 15.9 Å². The van der Waals surface area contributed by atoms with Gasteiger partial charge in [-0.05, 0) is 31.9 Å². The number of halogens is 1. The topological polar surface area (TPSA) is 93.1 Å². The minimum atomic E-state index is -0.415. The van der Waals surface area contributed by atoms with Crippen molar-refractivity contribution in [3.05, 3.63) is 45.7 Å². The number of fused-ring (bicyclic) bond motifs is 1. The van der Waals surface area contributed by atoms with Crippen molar-refractivity contribution >= 4 is 39.2 Å². The predicted octanol–water partition coefficient (Wildman–Crippen LogP) is 3.33. The van der Waals surface area contributed by atoms with E-state index in [4.69, 9.17) is 0 Å². The fraction of sp³-hybridized carbons (Fsp3) is 0.429. The van der Waals surface area contributed by atoms with Crippen LogP contribution in [0.25, 0.3) is 0 Å². The molecule has 29 heavy (non-hydrogen) atoms. The van der Waals surface area contributed by atoms with Crippen molar-refractivity contribution in [2.45, 2.75) is 39.2 Å². The van der Waals surface area contributed by atoms with Crippen molar-refractivity contribution in [1.29, 1.82) is 0 Å². The second kappa shape index (κ2) is 8.10. The Hall–Kier alpha value is -2.48. The molecule has 152 valence electrons. The van der Waals surface area contributed by atoms with Crippen LogP contribution < -0.4 is 10.6 Å². The van der Waals surface area contributed by atoms with Gasteiger partial charge in [0.15, 0.2) is 5.78 Å². The molecule has 1 aliphatic heterocycles. The maximum Gasteiger partial charge on any atom is 0.271 e. The second-order valence-corrected chi connectivity index (χ2v) is 8.56. The van der Waals surface area contributed by atoms with Crippen molar-refractivity contribution in [3.8, 4) is 0 Å². The van der Waals surface area contributed by atoms with Crippen LogP contribution in [0.5, 0.6) is 0 Å². The number of ketones is 1. The summed E-state index contributed by atoms with van der Waals surface area (Å²) in [6.45, 7) is 2.87. The van der Waals surface area contributed by atoms with Crippen molar-refractivity contribution in [3.63, 3.8) is 0 Å². The predicted molar refractivity (Wildman–Crippen MR) is 112 cm³/mol. The van der Waals surface area contributed by atoms with Gasteiger partial charge < -0.3 is 10.6 Å². The molecule has 0 radical (unpaired) electrons. The van der Waals surface area contributed by atoms with Crippen LogP contribution in [0.4, 0.5) is 5.69 Å². The molecule has 0 bridgehead atoms. The van der Waals surface area contributed by atoms with Gasteiger partial charge in [-0.25, -0.2) is 0 Å². The van der Waals surface area contributed by atoms with Crippen LogP contribution in [0.15, 0.2) is 28.7 Å². The summed E-state index contributed by atoms with van der Waals surface area (Å²) >= 11 is 3.38. The maximum absolute atomic E-state index is 13.2. The lowest BCUT2D eigenvalue weighted by molar-refractivity contribution is -0.122. The molecule has 1 fully saturated rings. The van der Waals surface area contributed by atoms with Gasteiger partial charge in [0.1, 0.15) is 5.69 Å². The van der Waals surface area contributed by atoms with Gasteiger partial charge in [0.25, 0.3) is 5.91 Å². The number of Topliss-reactive ketones (excluding diaryl/α,β-unsaturated/α-hetero) is 1. The van der Waals surface area contributed by atoms with E-state index in [1.54, 1.807) is 23.7 Å². The SMILES string of the molecule is Cc1nn2c(c1NC(=O)[C@@H]1CCCC[C@H]1C(=O)c1ccc(Br)cc1)C(=O)NCC2. The molecule has 7 nitrogen and oxygen atoms in total. The number of aryl methyl sites for hydroxylation is 1. The molecule has 2 amide bonds. The summed E-state index contributed by atoms with van der Waals surface area (Å²) < 4.78 is 2.54. The van der Waals surface area contributed by atoms with Gasteiger partial charge in [0.05, 0.1) is 17.9 Å². The van der Waals surface area contributed by atoms with Crippen LogP contribution in [0, 0.1) is 18.8 Å². The highest BCUT2D eigenvalue weighted by Crippen LogP contribution is 2.34. The number of carbonyl (C=O) groups is 3. The van der Waals surface area contributed by atoms with Crippen LogP contribution in [0.2, 0.25) is 0 Å². The molecule has 2 N–H and O–H groups in total. The summed E-state index contributed by atoms with van der Waals surface area (Å²) in [5, 5.41) is 10.1. The second-order valence-electron chi connectivity index (χ2n) is 7.65. The van der Waals surface area contributed by atoms with Gasteiger partial charge in [-0.1, -0.05) is 40.9 Å². The molecule has 0 spiro atoms. The third kappa shape index (κ3) is 3.85. The van der Waals surface area contributed by atoms with Gasteiger partial charge >= 0.3 is 0 Å². The van der Waals surface area contributed by atoms with Gasteiger partial charge in [-0.2, -0.15) is 5.10 Å². The first kappa shape index (κ1) is 19.8. The summed E-state index contributed by atoms with van der Waals surface area (Å²) in [5.74, 6) is -1.22. The minimum absolute atomic E-state index is 0.00356. The molecule has 0 saturated heterocycles. The van der Waals surface area contributed by atoms with Crippen molar-refractivity contribution in [2.75, 3.05) is 11.9 Å². The normalized spacial score (nSPS) is 21.2. The molecule has 2 aliphatic rings. The highest BCUT2D eigenvalue weighted by atomic mass is 79.9. The van der Waals surface area contributed by atoms with Crippen LogP contribution in [-0.4, -0.2) is 33.9 Å². The highest BCUT2D eigenvalue weighted by molar-refractivity contribution is 9.10. The summed E-state index contributed by atoms with van der Waals surface area (Å²) in [5.41, 5.74) is 2.06. The maximum atomic E-state index is 13.2. The number of aromatic nitrogens is 2. The zero-order valence-electron chi connectivity index (χ0n) is 16.2. The van der Waals surface area contributed by atoms with Gasteiger partial charge in [0.2, 0.25) is 5.91 Å². The first-order valence-electron chi connectivity index (χ1n) is 9.92. The number of hydrogen-bond acceptors (Lipinski definition) is 4. The van der Waals surface area contributed by atoms with Crippen LogP contribution in [0.3, 0.4) is 0 Å². The van der Waals surface area contributed by atoms with Gasteiger partial charge in [0, 0.05) is 28.4 Å². The molecular formula is C21H23BrN4O3. The van der Waals surface area contributed by atoms with Crippen molar-refractivity contribution < 1.29 is 14.4 Å². The fourth-order valence-corrected chi connectivity index (χ4v) is 4.55. The Kier molecular flexibility index (Phi) is 5.54. The van der Waals surface area contributed by atoms with E-state index in [-0.39, 0.29) is 23.5 Å². The fourth-order valence-electron chi connectivity index (χ4n) is 4.29. The average Bonchev–Trinajstić information content (AvgIpc) is 3.04. The van der Waals surface area contributed by atoms with Crippen molar-refractivity contribution in [2.24, 2.45) is 11.8 Å². The Labute approximate surface area is 177 Å². The Morgan fingerprint density at radius 1 is 1.17 bits per heavy atom. The summed E-state index contributed by atoms with van der Waals surface area (Å²) in [7, 11) is 0. The third-order valence-electron chi connectivity index (χ3n) is 5.77. The van der Waals surface area contributed by atoms with E-state index in [9.17, 15) is 14.4 Å². The summed E-state index contributed by atoms with van der Waals surface area (Å²) in [4.78, 5) is 38.6. The molecular weight excluding hydrogens is 436 g/mol. The zero-order valence-corrected chi connectivity index (χ0v) is 17.8. The third-order valence-corrected chi connectivity index (χ3v) is 6.30. The van der Waals surface area contributed by atoms with E-state index in [0.717, 1.165) is 17.3 Å². The summed E-state index contributed by atoms with van der Waals surface area (Å²) in [6.07, 6.45) is 3.20. The molecule has 4 rings (SSSR count). The number of amides is 2. The van der Waals surface area contributed by atoms with E-state index in [2.05, 4.69) is 31.7 Å². The molecule has 1 aromatic carbocycles. The highest BCUT2D eigenvalue weighted by Gasteiger charge is 2.37. The molecule has 2 heterocycles. The number of carbonyl (C=O) groups excluding carboxylic acids is 3. The van der Waals surface area contributed by atoms with Gasteiger partial charge in [-0.15, -0.1) is 0 Å². The lowest BCUT2D eigenvalue weighted by Crippen LogP contribution is -2.38. The lowest BCUT2D eigenvalue weighted by Gasteiger charge is -2.29. The minimum Gasteiger partial charge on any atom is -0.349 e. The first-order valence-corrected chi connectivity index (χ1v) is 10.7. The van der Waals surface area contributed by atoms with E-state index in [1.165, 1.54) is 0 Å². The molecule has 1 aliphatic carbocycles. The lowest BCUT2D eigenvalue weighted by atomic mass is 9.75. The molecule has 2 atom stereocenters. The smallest absolute Gasteiger partial charge is 0.271 e. The standard InChI is InChI=1S/C21H23BrN4O3/c1-12-17(18-21(29)23-10-11-26(18)25-12)24-20(28)16-5-3-2-4-15(16)19(27)13-6-8-14(22)9-7-13/h6-9,15-16H,2-5,10-11H2,1H3,(H,23,29)(H,24,28)/t15-,16-/m1/s1. The molecule has 8 heteroatoms. The Morgan fingerprint density at radius 3 is 2.59 bits per heavy atom. The molecule has 1 aromatic heterocycles. The quantitative estimate of drug-likeness (QED) is 0.687. The number of hydrogen-bond donors (Lipinski definition) is 2. The Bertz CT molecular complexity index is 967. The van der Waals surface area contributed by atoms with E-state index >= 15 is 0 Å².